The van der Waals surface area contributed by atoms with Crippen molar-refractivity contribution in [3.05, 3.63) is 24.3 Å². The predicted molar refractivity (Wildman–Crippen MR) is 70.0 cm³/mol. The fourth-order valence-electron chi connectivity index (χ4n) is 1.91. The van der Waals surface area contributed by atoms with Gasteiger partial charge >= 0.3 is 0 Å². The van der Waals surface area contributed by atoms with Gasteiger partial charge in [-0.05, 0) is 43.0 Å². The van der Waals surface area contributed by atoms with Crippen molar-refractivity contribution in [2.45, 2.75) is 31.1 Å². The summed E-state index contributed by atoms with van der Waals surface area (Å²) in [5, 5.41) is 3.35. The molecule has 0 aliphatic heterocycles. The van der Waals surface area contributed by atoms with Crippen molar-refractivity contribution in [2.24, 2.45) is 5.92 Å². The molecule has 0 atom stereocenters. The quantitative estimate of drug-likeness (QED) is 0.877. The molecule has 0 spiro atoms. The molecular weight excluding hydrogens is 234 g/mol. The molecule has 17 heavy (non-hydrogen) atoms. The molecular formula is C13H19NO2S. The SMILES string of the molecule is CCS(=O)(=O)c1ccc(NCC2CCC2)cc1. The second-order valence-electron chi connectivity index (χ2n) is 4.61. The van der Waals surface area contributed by atoms with E-state index in [0.717, 1.165) is 18.2 Å². The minimum atomic E-state index is -3.07. The summed E-state index contributed by atoms with van der Waals surface area (Å²) in [5.41, 5.74) is 1.01. The van der Waals surface area contributed by atoms with Crippen LogP contribution in [0.5, 0.6) is 0 Å². The van der Waals surface area contributed by atoms with Crippen LogP contribution in [0.15, 0.2) is 29.2 Å². The standard InChI is InChI=1S/C13H19NO2S/c1-2-17(15,16)13-8-6-12(7-9-13)14-10-11-4-3-5-11/h6-9,11,14H,2-5,10H2,1H3. The van der Waals surface area contributed by atoms with Crippen molar-refractivity contribution in [1.82, 2.24) is 0 Å². The third-order valence-electron chi connectivity index (χ3n) is 3.41. The van der Waals surface area contributed by atoms with Crippen molar-refractivity contribution in [3.8, 4) is 0 Å². The molecule has 0 unspecified atom stereocenters. The summed E-state index contributed by atoms with van der Waals surface area (Å²) >= 11 is 0. The zero-order valence-electron chi connectivity index (χ0n) is 10.1. The Balaban J connectivity index is 1.97. The second kappa shape index (κ2) is 5.08. The molecule has 0 bridgehead atoms. The first-order valence-electron chi connectivity index (χ1n) is 6.18. The number of anilines is 1. The first-order chi connectivity index (χ1) is 8.12. The lowest BCUT2D eigenvalue weighted by molar-refractivity contribution is 0.333. The maximum Gasteiger partial charge on any atom is 0.178 e. The average Bonchev–Trinajstić information content (AvgIpc) is 2.28. The summed E-state index contributed by atoms with van der Waals surface area (Å²) in [6, 6.07) is 7.06. The Morgan fingerprint density at radius 3 is 2.35 bits per heavy atom. The van der Waals surface area contributed by atoms with Gasteiger partial charge in [-0.1, -0.05) is 13.3 Å². The third kappa shape index (κ3) is 3.00. The number of rotatable bonds is 5. The van der Waals surface area contributed by atoms with Gasteiger partial charge in [0.1, 0.15) is 0 Å². The highest BCUT2D eigenvalue weighted by atomic mass is 32.2. The van der Waals surface area contributed by atoms with Crippen LogP contribution in [0.2, 0.25) is 0 Å². The topological polar surface area (TPSA) is 46.2 Å². The Kier molecular flexibility index (Phi) is 3.72. The molecule has 0 radical (unpaired) electrons. The van der Waals surface area contributed by atoms with Crippen molar-refractivity contribution in [2.75, 3.05) is 17.6 Å². The second-order valence-corrected chi connectivity index (χ2v) is 6.88. The van der Waals surface area contributed by atoms with Crippen molar-refractivity contribution < 1.29 is 8.42 Å². The Morgan fingerprint density at radius 2 is 1.88 bits per heavy atom. The average molecular weight is 253 g/mol. The van der Waals surface area contributed by atoms with Gasteiger partial charge < -0.3 is 5.32 Å². The first-order valence-corrected chi connectivity index (χ1v) is 7.84. The molecule has 0 amide bonds. The van der Waals surface area contributed by atoms with Gasteiger partial charge in [0.15, 0.2) is 9.84 Å². The van der Waals surface area contributed by atoms with Crippen LogP contribution in [0.4, 0.5) is 5.69 Å². The van der Waals surface area contributed by atoms with Gasteiger partial charge in [-0.15, -0.1) is 0 Å². The molecule has 0 heterocycles. The summed E-state index contributed by atoms with van der Waals surface area (Å²) in [5.74, 6) is 0.955. The Bertz CT molecular complexity index is 461. The predicted octanol–water partition coefficient (Wildman–Crippen LogP) is 2.69. The highest BCUT2D eigenvalue weighted by Gasteiger charge is 2.16. The van der Waals surface area contributed by atoms with Crippen molar-refractivity contribution in [3.63, 3.8) is 0 Å². The largest absolute Gasteiger partial charge is 0.385 e. The molecule has 1 fully saturated rings. The molecule has 1 saturated carbocycles. The number of benzene rings is 1. The number of hydrogen-bond acceptors (Lipinski definition) is 3. The lowest BCUT2D eigenvalue weighted by atomic mass is 9.85. The molecule has 1 aromatic carbocycles. The third-order valence-corrected chi connectivity index (χ3v) is 5.16. The maximum absolute atomic E-state index is 11.6. The van der Waals surface area contributed by atoms with Crippen LogP contribution >= 0.6 is 0 Å². The van der Waals surface area contributed by atoms with Crippen LogP contribution in [0.1, 0.15) is 26.2 Å². The molecule has 1 aromatic rings. The van der Waals surface area contributed by atoms with E-state index in [0.29, 0.717) is 4.90 Å². The van der Waals surface area contributed by atoms with Gasteiger partial charge in [0.2, 0.25) is 0 Å². The normalized spacial score (nSPS) is 16.5. The fraction of sp³-hybridized carbons (Fsp3) is 0.538. The Labute approximate surface area is 103 Å². The minimum Gasteiger partial charge on any atom is -0.385 e. The van der Waals surface area contributed by atoms with Crippen LogP contribution < -0.4 is 5.32 Å². The Hall–Kier alpha value is -1.03. The first kappa shape index (κ1) is 12.4. The van der Waals surface area contributed by atoms with E-state index >= 15 is 0 Å². The monoisotopic (exact) mass is 253 g/mol. The van der Waals surface area contributed by atoms with E-state index < -0.39 is 9.84 Å². The zero-order valence-corrected chi connectivity index (χ0v) is 11.0. The van der Waals surface area contributed by atoms with Gasteiger partial charge in [0.05, 0.1) is 10.6 Å². The van der Waals surface area contributed by atoms with Crippen molar-refractivity contribution in [1.29, 1.82) is 0 Å². The van der Waals surface area contributed by atoms with E-state index in [1.165, 1.54) is 19.3 Å². The van der Waals surface area contributed by atoms with E-state index in [2.05, 4.69) is 5.32 Å². The molecule has 2 rings (SSSR count). The summed E-state index contributed by atoms with van der Waals surface area (Å²) in [6.45, 7) is 2.66. The lowest BCUT2D eigenvalue weighted by Crippen LogP contribution is -2.20. The van der Waals surface area contributed by atoms with Gasteiger partial charge in [-0.3, -0.25) is 0 Å². The highest BCUT2D eigenvalue weighted by molar-refractivity contribution is 7.91. The van der Waals surface area contributed by atoms with Gasteiger partial charge in [0, 0.05) is 12.2 Å². The number of sulfone groups is 1. The zero-order chi connectivity index (χ0) is 12.3. The molecule has 0 aromatic heterocycles. The van der Waals surface area contributed by atoms with E-state index in [4.69, 9.17) is 0 Å². The van der Waals surface area contributed by atoms with E-state index in [1.54, 1.807) is 19.1 Å². The molecule has 4 heteroatoms. The van der Waals surface area contributed by atoms with E-state index in [9.17, 15) is 8.42 Å². The lowest BCUT2D eigenvalue weighted by Gasteiger charge is -2.25. The van der Waals surface area contributed by atoms with Crippen molar-refractivity contribution >= 4 is 15.5 Å². The van der Waals surface area contributed by atoms with Gasteiger partial charge in [0.25, 0.3) is 0 Å². The van der Waals surface area contributed by atoms with Crippen LogP contribution in [-0.4, -0.2) is 20.7 Å². The van der Waals surface area contributed by atoms with Crippen LogP contribution in [0.3, 0.4) is 0 Å². The van der Waals surface area contributed by atoms with Gasteiger partial charge in [-0.2, -0.15) is 0 Å². The minimum absolute atomic E-state index is 0.155. The number of hydrogen-bond donors (Lipinski definition) is 1. The highest BCUT2D eigenvalue weighted by Crippen LogP contribution is 2.26. The number of nitrogens with one attached hydrogen (secondary N) is 1. The molecule has 1 aliphatic rings. The summed E-state index contributed by atoms with van der Waals surface area (Å²) in [7, 11) is -3.07. The smallest absolute Gasteiger partial charge is 0.178 e. The molecule has 3 nitrogen and oxygen atoms in total. The summed E-state index contributed by atoms with van der Waals surface area (Å²) in [6.07, 6.45) is 3.98. The summed E-state index contributed by atoms with van der Waals surface area (Å²) in [4.78, 5) is 0.411. The van der Waals surface area contributed by atoms with E-state index in [-0.39, 0.29) is 5.75 Å². The van der Waals surface area contributed by atoms with Gasteiger partial charge in [-0.25, -0.2) is 8.42 Å². The molecule has 1 N–H and O–H groups in total. The molecule has 0 saturated heterocycles. The molecule has 1 aliphatic carbocycles. The van der Waals surface area contributed by atoms with E-state index in [1.807, 2.05) is 12.1 Å². The Morgan fingerprint density at radius 1 is 1.24 bits per heavy atom. The van der Waals surface area contributed by atoms with Crippen LogP contribution in [-0.2, 0) is 9.84 Å². The van der Waals surface area contributed by atoms with Crippen LogP contribution in [0, 0.1) is 5.92 Å². The fourth-order valence-corrected chi connectivity index (χ4v) is 2.79. The maximum atomic E-state index is 11.6. The summed E-state index contributed by atoms with van der Waals surface area (Å²) < 4.78 is 23.2. The molecule has 94 valence electrons. The van der Waals surface area contributed by atoms with Crippen LogP contribution in [0.25, 0.3) is 0 Å².